The second kappa shape index (κ2) is 6.18. The van der Waals surface area contributed by atoms with Gasteiger partial charge in [-0.25, -0.2) is 0 Å². The lowest BCUT2D eigenvalue weighted by atomic mass is 9.96. The Morgan fingerprint density at radius 1 is 1.05 bits per heavy atom. The highest BCUT2D eigenvalue weighted by atomic mass is 19.4. The number of rotatable bonds is 4. The van der Waals surface area contributed by atoms with Crippen LogP contribution in [0.3, 0.4) is 0 Å². The molecule has 0 heterocycles. The normalized spacial score (nSPS) is 13.0. The summed E-state index contributed by atoms with van der Waals surface area (Å²) in [5.74, 6) is 0.634. The van der Waals surface area contributed by atoms with Gasteiger partial charge in [-0.1, -0.05) is 30.3 Å². The summed E-state index contributed by atoms with van der Waals surface area (Å²) in [4.78, 5) is 0. The second-order valence-corrected chi connectivity index (χ2v) is 4.59. The average molecular weight is 295 g/mol. The van der Waals surface area contributed by atoms with Gasteiger partial charge in [0.2, 0.25) is 0 Å². The van der Waals surface area contributed by atoms with Gasteiger partial charge < -0.3 is 10.1 Å². The minimum Gasteiger partial charge on any atom is -0.496 e. The monoisotopic (exact) mass is 295 g/mol. The van der Waals surface area contributed by atoms with Crippen molar-refractivity contribution in [3.8, 4) is 5.75 Å². The van der Waals surface area contributed by atoms with Gasteiger partial charge in [0.15, 0.2) is 0 Å². The number of alkyl halides is 3. The van der Waals surface area contributed by atoms with Gasteiger partial charge in [-0.05, 0) is 30.8 Å². The summed E-state index contributed by atoms with van der Waals surface area (Å²) in [7, 11) is 3.25. The lowest BCUT2D eigenvalue weighted by molar-refractivity contribution is -0.137. The molecule has 0 fully saturated rings. The molecule has 0 saturated carbocycles. The fourth-order valence-corrected chi connectivity index (χ4v) is 2.30. The Labute approximate surface area is 121 Å². The Bertz CT molecular complexity index is 610. The van der Waals surface area contributed by atoms with E-state index in [2.05, 4.69) is 5.32 Å². The Morgan fingerprint density at radius 3 is 2.38 bits per heavy atom. The van der Waals surface area contributed by atoms with Crippen molar-refractivity contribution in [3.63, 3.8) is 0 Å². The molecule has 0 aliphatic heterocycles. The number of methoxy groups -OCH3 is 1. The van der Waals surface area contributed by atoms with Crippen LogP contribution in [0.1, 0.15) is 22.7 Å². The molecule has 0 spiro atoms. The summed E-state index contributed by atoms with van der Waals surface area (Å²) < 4.78 is 43.8. The molecule has 0 aliphatic carbocycles. The SMILES string of the molecule is CNC(c1cccc(C(F)(F)F)c1)c1ccccc1OC. The number of hydrogen-bond donors (Lipinski definition) is 1. The van der Waals surface area contributed by atoms with Crippen LogP contribution in [-0.2, 0) is 6.18 Å². The van der Waals surface area contributed by atoms with Gasteiger partial charge in [-0.15, -0.1) is 0 Å². The van der Waals surface area contributed by atoms with E-state index in [-0.39, 0.29) is 6.04 Å². The van der Waals surface area contributed by atoms with E-state index in [0.717, 1.165) is 17.7 Å². The Morgan fingerprint density at radius 2 is 1.76 bits per heavy atom. The lowest BCUT2D eigenvalue weighted by Gasteiger charge is -2.20. The van der Waals surface area contributed by atoms with E-state index in [1.54, 1.807) is 19.2 Å². The van der Waals surface area contributed by atoms with Crippen LogP contribution < -0.4 is 10.1 Å². The van der Waals surface area contributed by atoms with E-state index < -0.39 is 11.7 Å². The number of benzene rings is 2. The van der Waals surface area contributed by atoms with Crippen LogP contribution in [-0.4, -0.2) is 14.2 Å². The quantitative estimate of drug-likeness (QED) is 0.919. The van der Waals surface area contributed by atoms with Crippen molar-refractivity contribution in [2.45, 2.75) is 12.2 Å². The zero-order valence-corrected chi connectivity index (χ0v) is 11.7. The third kappa shape index (κ3) is 3.36. The summed E-state index contributed by atoms with van der Waals surface area (Å²) in [5, 5.41) is 3.04. The maximum Gasteiger partial charge on any atom is 0.416 e. The Hall–Kier alpha value is -2.01. The van der Waals surface area contributed by atoms with Crippen LogP contribution in [0.4, 0.5) is 13.2 Å². The zero-order valence-electron chi connectivity index (χ0n) is 11.7. The third-order valence-electron chi connectivity index (χ3n) is 3.29. The van der Waals surface area contributed by atoms with Gasteiger partial charge in [0.05, 0.1) is 18.7 Å². The highest BCUT2D eigenvalue weighted by Gasteiger charge is 2.31. The molecule has 0 amide bonds. The molecule has 2 rings (SSSR count). The van der Waals surface area contributed by atoms with E-state index in [1.165, 1.54) is 13.2 Å². The highest BCUT2D eigenvalue weighted by molar-refractivity contribution is 5.42. The number of nitrogens with one attached hydrogen (secondary N) is 1. The summed E-state index contributed by atoms with van der Waals surface area (Å²) in [5.41, 5.74) is 0.675. The van der Waals surface area contributed by atoms with E-state index >= 15 is 0 Å². The number of para-hydroxylation sites is 1. The minimum absolute atomic E-state index is 0.372. The van der Waals surface area contributed by atoms with Crippen LogP contribution >= 0.6 is 0 Å². The molecular formula is C16H16F3NO. The average Bonchev–Trinajstić information content (AvgIpc) is 2.48. The summed E-state index contributed by atoms with van der Waals surface area (Å²) >= 11 is 0. The van der Waals surface area contributed by atoms with Gasteiger partial charge in [0, 0.05) is 5.56 Å². The third-order valence-corrected chi connectivity index (χ3v) is 3.29. The molecule has 1 unspecified atom stereocenters. The van der Waals surface area contributed by atoms with Crippen LogP contribution in [0.15, 0.2) is 48.5 Å². The molecule has 0 saturated heterocycles. The van der Waals surface area contributed by atoms with Crippen molar-refractivity contribution < 1.29 is 17.9 Å². The summed E-state index contributed by atoms with van der Waals surface area (Å²) in [6, 6.07) is 12.2. The maximum atomic E-state index is 12.8. The number of hydrogen-bond acceptors (Lipinski definition) is 2. The first-order chi connectivity index (χ1) is 9.97. The van der Waals surface area contributed by atoms with E-state index in [4.69, 9.17) is 4.74 Å². The van der Waals surface area contributed by atoms with Gasteiger partial charge >= 0.3 is 6.18 Å². The number of halogens is 3. The first kappa shape index (κ1) is 15.4. The lowest BCUT2D eigenvalue weighted by Crippen LogP contribution is -2.19. The molecule has 2 nitrogen and oxygen atoms in total. The van der Waals surface area contributed by atoms with Crippen molar-refractivity contribution in [2.24, 2.45) is 0 Å². The highest BCUT2D eigenvalue weighted by Crippen LogP contribution is 2.34. The maximum absolute atomic E-state index is 12.8. The van der Waals surface area contributed by atoms with Crippen LogP contribution in [0.2, 0.25) is 0 Å². The molecular weight excluding hydrogens is 279 g/mol. The van der Waals surface area contributed by atoms with Crippen molar-refractivity contribution in [1.82, 2.24) is 5.32 Å². The first-order valence-corrected chi connectivity index (χ1v) is 6.44. The van der Waals surface area contributed by atoms with Crippen molar-refractivity contribution in [3.05, 3.63) is 65.2 Å². The Kier molecular flexibility index (Phi) is 4.53. The van der Waals surface area contributed by atoms with Crippen LogP contribution in [0.5, 0.6) is 5.75 Å². The van der Waals surface area contributed by atoms with Gasteiger partial charge in [0.1, 0.15) is 5.75 Å². The van der Waals surface area contributed by atoms with Crippen LogP contribution in [0.25, 0.3) is 0 Å². The first-order valence-electron chi connectivity index (χ1n) is 6.44. The van der Waals surface area contributed by atoms with Gasteiger partial charge in [-0.2, -0.15) is 13.2 Å². The second-order valence-electron chi connectivity index (χ2n) is 4.59. The van der Waals surface area contributed by atoms with Gasteiger partial charge in [-0.3, -0.25) is 0 Å². The molecule has 0 bridgehead atoms. The smallest absolute Gasteiger partial charge is 0.416 e. The fraction of sp³-hybridized carbons (Fsp3) is 0.250. The molecule has 0 aromatic heterocycles. The van der Waals surface area contributed by atoms with E-state index in [0.29, 0.717) is 11.3 Å². The fourth-order valence-electron chi connectivity index (χ4n) is 2.30. The molecule has 21 heavy (non-hydrogen) atoms. The van der Waals surface area contributed by atoms with E-state index in [1.807, 2.05) is 18.2 Å². The molecule has 1 atom stereocenters. The summed E-state index contributed by atoms with van der Waals surface area (Å²) in [6.45, 7) is 0. The zero-order chi connectivity index (χ0) is 15.5. The largest absolute Gasteiger partial charge is 0.496 e. The molecule has 1 N–H and O–H groups in total. The van der Waals surface area contributed by atoms with Crippen molar-refractivity contribution >= 4 is 0 Å². The minimum atomic E-state index is -4.35. The molecule has 0 radical (unpaired) electrons. The predicted molar refractivity (Wildman–Crippen MR) is 75.3 cm³/mol. The molecule has 5 heteroatoms. The topological polar surface area (TPSA) is 21.3 Å². The van der Waals surface area contributed by atoms with Crippen LogP contribution in [0, 0.1) is 0 Å². The summed E-state index contributed by atoms with van der Waals surface area (Å²) in [6.07, 6.45) is -4.35. The van der Waals surface area contributed by atoms with Crippen molar-refractivity contribution in [2.75, 3.05) is 14.2 Å². The van der Waals surface area contributed by atoms with Crippen molar-refractivity contribution in [1.29, 1.82) is 0 Å². The number of ether oxygens (including phenoxy) is 1. The molecule has 0 aliphatic rings. The van der Waals surface area contributed by atoms with Gasteiger partial charge in [0.25, 0.3) is 0 Å². The standard InChI is InChI=1S/C16H16F3NO/c1-20-15(13-8-3-4-9-14(13)21-2)11-6-5-7-12(10-11)16(17,18)19/h3-10,15,20H,1-2H3. The predicted octanol–water partition coefficient (Wildman–Crippen LogP) is 4.02. The molecule has 2 aromatic carbocycles. The van der Waals surface area contributed by atoms with E-state index in [9.17, 15) is 13.2 Å². The molecule has 112 valence electrons. The molecule has 2 aromatic rings. The Balaban J connectivity index is 2.47.